The minimum Gasteiger partial charge on any atom is -1.00 e. The van der Waals surface area contributed by atoms with Gasteiger partial charge >= 0.3 is 15.6 Å². The average molecular weight is 618 g/mol. The van der Waals surface area contributed by atoms with Crippen molar-refractivity contribution in [3.05, 3.63) is 51.9 Å². The SMILES string of the molecule is Cc1ncc(C[n+]2csc(CCO)c2C)c(N)n1.Cc1nccn1CCCN.O=P(O)(O)OP(=O)(O)O.[Cl-]. The van der Waals surface area contributed by atoms with Crippen molar-refractivity contribution in [2.24, 2.45) is 5.73 Å². The zero-order valence-electron chi connectivity index (χ0n) is 21.1. The smallest absolute Gasteiger partial charge is 0.478 e. The number of nitrogen functional groups attached to an aromatic ring is 1. The molecular formula is C19H34ClN7O8P2S. The zero-order valence-corrected chi connectivity index (χ0v) is 24.4. The first-order valence-corrected chi connectivity index (χ1v) is 14.8. The number of aliphatic hydroxyl groups is 1. The summed E-state index contributed by atoms with van der Waals surface area (Å²) in [5.74, 6) is 2.28. The van der Waals surface area contributed by atoms with Crippen molar-refractivity contribution in [1.82, 2.24) is 19.5 Å². The number of hydrogen-bond acceptors (Lipinski definition) is 10. The fourth-order valence-corrected chi connectivity index (χ4v) is 4.90. The molecule has 0 unspecified atom stereocenters. The van der Waals surface area contributed by atoms with Crippen molar-refractivity contribution in [2.45, 2.75) is 46.7 Å². The van der Waals surface area contributed by atoms with E-state index in [1.165, 1.54) is 4.88 Å². The second-order valence-corrected chi connectivity index (χ2v) is 11.1. The number of aromatic nitrogens is 5. The van der Waals surface area contributed by atoms with Gasteiger partial charge in [-0.2, -0.15) is 8.88 Å². The van der Waals surface area contributed by atoms with E-state index in [0.717, 1.165) is 36.6 Å². The lowest BCUT2D eigenvalue weighted by atomic mass is 10.2. The van der Waals surface area contributed by atoms with Gasteiger partial charge in [0.05, 0.1) is 10.4 Å². The van der Waals surface area contributed by atoms with Gasteiger partial charge in [-0.1, -0.05) is 11.3 Å². The second kappa shape index (κ2) is 17.0. The maximum Gasteiger partial charge on any atom is 0.478 e. The third-order valence-corrected chi connectivity index (χ3v) is 7.44. The molecule has 0 saturated carbocycles. The number of thiazole rings is 1. The Hall–Kier alpha value is -1.81. The molecule has 38 heavy (non-hydrogen) atoms. The van der Waals surface area contributed by atoms with Crippen LogP contribution in [0.4, 0.5) is 5.82 Å². The molecule has 0 aliphatic rings. The molecule has 9 N–H and O–H groups in total. The van der Waals surface area contributed by atoms with Gasteiger partial charge in [-0.25, -0.2) is 24.1 Å². The quantitative estimate of drug-likeness (QED) is 0.0958. The highest BCUT2D eigenvalue weighted by atomic mass is 35.5. The number of nitrogens with two attached hydrogens (primary N) is 2. The maximum atomic E-state index is 9.63. The van der Waals surface area contributed by atoms with Gasteiger partial charge in [-0.3, -0.25) is 0 Å². The molecule has 0 atom stereocenters. The summed E-state index contributed by atoms with van der Waals surface area (Å²) in [6.07, 6.45) is 7.28. The molecule has 3 aromatic rings. The molecule has 0 amide bonds. The number of halogens is 1. The molecule has 15 nitrogen and oxygen atoms in total. The zero-order chi connectivity index (χ0) is 28.2. The van der Waals surface area contributed by atoms with Crippen molar-refractivity contribution in [3.8, 4) is 0 Å². The molecule has 0 fully saturated rings. The van der Waals surface area contributed by atoms with Gasteiger partial charge in [0.15, 0.2) is 12.2 Å². The number of hydrogen-bond donors (Lipinski definition) is 7. The van der Waals surface area contributed by atoms with Crippen LogP contribution in [0.15, 0.2) is 24.1 Å². The van der Waals surface area contributed by atoms with Gasteiger partial charge in [0.25, 0.3) is 0 Å². The van der Waals surface area contributed by atoms with Crippen LogP contribution < -0.4 is 28.4 Å². The Kier molecular flexibility index (Phi) is 16.2. The molecule has 3 aromatic heterocycles. The first-order chi connectivity index (χ1) is 17.2. The van der Waals surface area contributed by atoms with Crippen LogP contribution in [0.1, 0.15) is 34.2 Å². The Morgan fingerprint density at radius 1 is 1.13 bits per heavy atom. The molecule has 3 heterocycles. The summed E-state index contributed by atoms with van der Waals surface area (Å²) in [6, 6.07) is 0. The van der Waals surface area contributed by atoms with Crippen molar-refractivity contribution in [2.75, 3.05) is 18.9 Å². The molecular weight excluding hydrogens is 584 g/mol. The predicted octanol–water partition coefficient (Wildman–Crippen LogP) is -2.66. The van der Waals surface area contributed by atoms with Gasteiger partial charge in [0, 0.05) is 45.1 Å². The molecule has 0 bridgehead atoms. The normalized spacial score (nSPS) is 11.1. The summed E-state index contributed by atoms with van der Waals surface area (Å²) in [6.45, 7) is 8.45. The molecule has 3 rings (SSSR count). The second-order valence-electron chi connectivity index (χ2n) is 7.53. The highest BCUT2D eigenvalue weighted by molar-refractivity contribution is 7.60. The summed E-state index contributed by atoms with van der Waals surface area (Å²) < 4.78 is 26.4. The van der Waals surface area contributed by atoms with Crippen LogP contribution in [-0.4, -0.2) is 57.4 Å². The fourth-order valence-electron chi connectivity index (χ4n) is 2.81. The van der Waals surface area contributed by atoms with E-state index in [4.69, 9.17) is 36.1 Å². The molecule has 216 valence electrons. The Bertz CT molecular complexity index is 1200. The number of phosphoric acid groups is 2. The molecule has 0 aromatic carbocycles. The third kappa shape index (κ3) is 14.4. The Labute approximate surface area is 230 Å². The van der Waals surface area contributed by atoms with E-state index >= 15 is 0 Å². The van der Waals surface area contributed by atoms with E-state index in [9.17, 15) is 9.13 Å². The average Bonchev–Trinajstić information content (AvgIpc) is 3.33. The molecule has 0 radical (unpaired) electrons. The van der Waals surface area contributed by atoms with E-state index in [0.29, 0.717) is 24.6 Å². The van der Waals surface area contributed by atoms with Crippen LogP contribution >= 0.6 is 27.0 Å². The number of nitrogens with zero attached hydrogens (tertiary/aromatic N) is 5. The van der Waals surface area contributed by atoms with Gasteiger partial charge < -0.3 is 53.1 Å². The molecule has 0 saturated heterocycles. The minimum atomic E-state index is -5.05. The Morgan fingerprint density at radius 2 is 1.76 bits per heavy atom. The molecule has 0 spiro atoms. The first kappa shape index (κ1) is 36.2. The van der Waals surface area contributed by atoms with Crippen molar-refractivity contribution in [1.29, 1.82) is 0 Å². The van der Waals surface area contributed by atoms with Crippen molar-refractivity contribution < 1.29 is 55.1 Å². The maximum absolute atomic E-state index is 9.63. The van der Waals surface area contributed by atoms with Gasteiger partial charge in [0.1, 0.15) is 17.5 Å². The number of imidazole rings is 1. The Morgan fingerprint density at radius 3 is 2.21 bits per heavy atom. The summed E-state index contributed by atoms with van der Waals surface area (Å²) in [4.78, 5) is 44.6. The summed E-state index contributed by atoms with van der Waals surface area (Å²) >= 11 is 1.65. The number of aliphatic hydroxyl groups excluding tert-OH is 1. The molecule has 0 aliphatic carbocycles. The first-order valence-electron chi connectivity index (χ1n) is 10.8. The van der Waals surface area contributed by atoms with E-state index in [1.54, 1.807) is 17.5 Å². The summed E-state index contributed by atoms with van der Waals surface area (Å²) in [7, 11) is -10.1. The van der Waals surface area contributed by atoms with Crippen molar-refractivity contribution >= 4 is 32.8 Å². The molecule has 19 heteroatoms. The third-order valence-electron chi connectivity index (χ3n) is 4.59. The lowest BCUT2D eigenvalue weighted by Crippen LogP contribution is -3.00. The number of rotatable bonds is 9. The number of anilines is 1. The fraction of sp³-hybridized carbons (Fsp3) is 0.474. The van der Waals surface area contributed by atoms with Crippen LogP contribution in [0, 0.1) is 20.8 Å². The van der Waals surface area contributed by atoms with Gasteiger partial charge in [-0.15, -0.1) is 0 Å². The number of aryl methyl sites for hydroxylation is 3. The monoisotopic (exact) mass is 617 g/mol. The van der Waals surface area contributed by atoms with Crippen molar-refractivity contribution in [3.63, 3.8) is 0 Å². The van der Waals surface area contributed by atoms with Crippen LogP contribution in [0.25, 0.3) is 0 Å². The predicted molar refractivity (Wildman–Crippen MR) is 136 cm³/mol. The van der Waals surface area contributed by atoms with E-state index in [1.807, 2.05) is 38.7 Å². The van der Waals surface area contributed by atoms with Gasteiger partial charge in [-0.05, 0) is 26.8 Å². The van der Waals surface area contributed by atoms with E-state index < -0.39 is 15.6 Å². The topological polar surface area (TPSA) is 244 Å². The largest absolute Gasteiger partial charge is 1.00 e. The standard InChI is InChI=1S/C12H17N4OS.C7H13N3.ClH.H4O7P2/c1-8-11(3-4-17)18-7-16(8)6-10-5-14-9(2)15-12(10)13;1-7-9-4-6-10(7)5-2-3-8;;1-8(2,3)7-9(4,5)6/h5,7,17H,3-4,6H2,1-2H3,(H2,13,14,15);4,6H,2-3,5,8H2,1H3;1H;(H2,1,2,3)(H2,4,5,6)/q+1;;;/p-1. The van der Waals surface area contributed by atoms with Gasteiger partial charge in [0.2, 0.25) is 5.51 Å². The lowest BCUT2D eigenvalue weighted by Gasteiger charge is -2.03. The highest BCUT2D eigenvalue weighted by Gasteiger charge is 2.28. The Balaban J connectivity index is 0.000000586. The lowest BCUT2D eigenvalue weighted by molar-refractivity contribution is -0.689. The molecule has 0 aliphatic heterocycles. The van der Waals surface area contributed by atoms with E-state index in [2.05, 4.69) is 28.4 Å². The minimum absolute atomic E-state index is 0. The van der Waals surface area contributed by atoms with Crippen LogP contribution in [0.2, 0.25) is 0 Å². The van der Waals surface area contributed by atoms with Crippen LogP contribution in [-0.2, 0) is 33.0 Å². The highest BCUT2D eigenvalue weighted by Crippen LogP contribution is 2.53. The van der Waals surface area contributed by atoms with Crippen LogP contribution in [0.5, 0.6) is 0 Å². The van der Waals surface area contributed by atoms with E-state index in [-0.39, 0.29) is 19.0 Å². The summed E-state index contributed by atoms with van der Waals surface area (Å²) in [5.41, 5.74) is 15.4. The van der Waals surface area contributed by atoms with Crippen LogP contribution in [0.3, 0.4) is 0 Å². The summed E-state index contributed by atoms with van der Waals surface area (Å²) in [5, 5.41) is 8.98.